The molecule has 0 aromatic heterocycles. The van der Waals surface area contributed by atoms with Crippen molar-refractivity contribution in [2.45, 2.75) is 26.8 Å². The zero-order valence-electron chi connectivity index (χ0n) is 13.5. The Labute approximate surface area is 145 Å². The molecule has 0 aliphatic carbocycles. The van der Waals surface area contributed by atoms with Crippen molar-refractivity contribution in [2.24, 2.45) is 0 Å². The lowest BCUT2D eigenvalue weighted by Gasteiger charge is -2.19. The summed E-state index contributed by atoms with van der Waals surface area (Å²) in [6.07, 6.45) is 0. The van der Waals surface area contributed by atoms with Crippen LogP contribution < -0.4 is 15.4 Å². The minimum atomic E-state index is -0.256. The van der Waals surface area contributed by atoms with Crippen LogP contribution in [-0.4, -0.2) is 12.6 Å². The molecular weight excluding hydrogens is 356 g/mol. The maximum absolute atomic E-state index is 12.2. The van der Waals surface area contributed by atoms with Gasteiger partial charge < -0.3 is 15.4 Å². The standard InChI is InChI=1S/C18H21BrN2O2/c1-4-23-17-10-9-12(2)11-14(17)13(3)20-18(22)21-16-8-6-5-7-15(16)19/h5-11,13H,4H2,1-3H3,(H2,20,21,22). The summed E-state index contributed by atoms with van der Waals surface area (Å²) in [5.41, 5.74) is 2.82. The van der Waals surface area contributed by atoms with Gasteiger partial charge in [-0.15, -0.1) is 0 Å². The first-order chi connectivity index (χ1) is 11.0. The Kier molecular flexibility index (Phi) is 6.04. The molecular formula is C18H21BrN2O2. The van der Waals surface area contributed by atoms with Gasteiger partial charge in [-0.05, 0) is 54.9 Å². The first-order valence-electron chi connectivity index (χ1n) is 7.56. The molecule has 23 heavy (non-hydrogen) atoms. The largest absolute Gasteiger partial charge is 0.494 e. The number of nitrogens with one attached hydrogen (secondary N) is 2. The Hall–Kier alpha value is -2.01. The highest BCUT2D eigenvalue weighted by molar-refractivity contribution is 9.10. The molecule has 2 aromatic carbocycles. The molecule has 1 unspecified atom stereocenters. The van der Waals surface area contributed by atoms with Crippen LogP contribution in [0.3, 0.4) is 0 Å². The second-order valence-electron chi connectivity index (χ2n) is 5.27. The fraction of sp³-hybridized carbons (Fsp3) is 0.278. The number of carbonyl (C=O) groups is 1. The van der Waals surface area contributed by atoms with E-state index in [4.69, 9.17) is 4.74 Å². The van der Waals surface area contributed by atoms with Crippen LogP contribution in [0.15, 0.2) is 46.9 Å². The topological polar surface area (TPSA) is 50.4 Å². The molecule has 2 N–H and O–H groups in total. The van der Waals surface area contributed by atoms with Crippen LogP contribution in [0, 0.1) is 6.92 Å². The smallest absolute Gasteiger partial charge is 0.319 e. The maximum Gasteiger partial charge on any atom is 0.319 e. The Morgan fingerprint density at radius 2 is 2.00 bits per heavy atom. The minimum Gasteiger partial charge on any atom is -0.494 e. The van der Waals surface area contributed by atoms with E-state index in [0.29, 0.717) is 6.61 Å². The van der Waals surface area contributed by atoms with Crippen molar-refractivity contribution < 1.29 is 9.53 Å². The molecule has 0 fully saturated rings. The van der Waals surface area contributed by atoms with Gasteiger partial charge in [0, 0.05) is 10.0 Å². The number of rotatable bonds is 5. The molecule has 0 aliphatic rings. The Balaban J connectivity index is 2.09. The number of aryl methyl sites for hydroxylation is 1. The maximum atomic E-state index is 12.2. The molecule has 5 heteroatoms. The van der Waals surface area contributed by atoms with E-state index in [1.807, 2.05) is 63.2 Å². The number of ether oxygens (including phenoxy) is 1. The van der Waals surface area contributed by atoms with Gasteiger partial charge in [0.2, 0.25) is 0 Å². The SMILES string of the molecule is CCOc1ccc(C)cc1C(C)NC(=O)Nc1ccccc1Br. The second-order valence-corrected chi connectivity index (χ2v) is 6.13. The lowest BCUT2D eigenvalue weighted by molar-refractivity contribution is 0.249. The number of hydrogen-bond donors (Lipinski definition) is 2. The number of urea groups is 1. The summed E-state index contributed by atoms with van der Waals surface area (Å²) in [7, 11) is 0. The summed E-state index contributed by atoms with van der Waals surface area (Å²) in [5.74, 6) is 0.798. The molecule has 0 saturated heterocycles. The van der Waals surface area contributed by atoms with Crippen LogP contribution in [-0.2, 0) is 0 Å². The van der Waals surface area contributed by atoms with Crippen molar-refractivity contribution in [1.82, 2.24) is 5.32 Å². The quantitative estimate of drug-likeness (QED) is 0.767. The van der Waals surface area contributed by atoms with Crippen LogP contribution in [0.2, 0.25) is 0 Å². The normalized spacial score (nSPS) is 11.7. The fourth-order valence-corrected chi connectivity index (χ4v) is 2.67. The Morgan fingerprint density at radius 3 is 2.70 bits per heavy atom. The van der Waals surface area contributed by atoms with Crippen molar-refractivity contribution in [3.63, 3.8) is 0 Å². The van der Waals surface area contributed by atoms with Crippen LogP contribution in [0.1, 0.15) is 31.0 Å². The predicted octanol–water partition coefficient (Wildman–Crippen LogP) is 5.04. The number of carbonyl (C=O) groups excluding carboxylic acids is 1. The van der Waals surface area contributed by atoms with Gasteiger partial charge in [-0.1, -0.05) is 29.8 Å². The van der Waals surface area contributed by atoms with Crippen LogP contribution in [0.5, 0.6) is 5.75 Å². The number of amides is 2. The molecule has 2 aromatic rings. The summed E-state index contributed by atoms with van der Waals surface area (Å²) in [4.78, 5) is 12.2. The molecule has 0 saturated carbocycles. The van der Waals surface area contributed by atoms with Gasteiger partial charge in [0.05, 0.1) is 18.3 Å². The predicted molar refractivity (Wildman–Crippen MR) is 97.1 cm³/mol. The van der Waals surface area contributed by atoms with E-state index in [2.05, 4.69) is 26.6 Å². The summed E-state index contributed by atoms with van der Waals surface area (Å²) >= 11 is 3.42. The lowest BCUT2D eigenvalue weighted by atomic mass is 10.0. The molecule has 0 aliphatic heterocycles. The average Bonchev–Trinajstić information content (AvgIpc) is 2.51. The molecule has 0 radical (unpaired) electrons. The van der Waals surface area contributed by atoms with Gasteiger partial charge in [-0.2, -0.15) is 0 Å². The monoisotopic (exact) mass is 376 g/mol. The van der Waals surface area contributed by atoms with E-state index in [1.165, 1.54) is 0 Å². The van der Waals surface area contributed by atoms with Crippen LogP contribution in [0.4, 0.5) is 10.5 Å². The van der Waals surface area contributed by atoms with Gasteiger partial charge in [0.1, 0.15) is 5.75 Å². The van der Waals surface area contributed by atoms with Crippen molar-refractivity contribution >= 4 is 27.6 Å². The van der Waals surface area contributed by atoms with Crippen molar-refractivity contribution in [3.8, 4) is 5.75 Å². The van der Waals surface area contributed by atoms with E-state index in [1.54, 1.807) is 0 Å². The highest BCUT2D eigenvalue weighted by atomic mass is 79.9. The van der Waals surface area contributed by atoms with Gasteiger partial charge >= 0.3 is 6.03 Å². The summed E-state index contributed by atoms with van der Waals surface area (Å²) in [6.45, 7) is 6.50. The number of hydrogen-bond acceptors (Lipinski definition) is 2. The molecule has 2 rings (SSSR count). The van der Waals surface area contributed by atoms with Crippen molar-refractivity contribution in [3.05, 3.63) is 58.1 Å². The van der Waals surface area contributed by atoms with E-state index in [-0.39, 0.29) is 12.1 Å². The molecule has 122 valence electrons. The number of anilines is 1. The molecule has 0 spiro atoms. The van der Waals surface area contributed by atoms with Crippen molar-refractivity contribution in [1.29, 1.82) is 0 Å². The van der Waals surface area contributed by atoms with Gasteiger partial charge in [-0.25, -0.2) is 4.79 Å². The molecule has 1 atom stereocenters. The highest BCUT2D eigenvalue weighted by Crippen LogP contribution is 2.27. The first kappa shape index (κ1) is 17.3. The van der Waals surface area contributed by atoms with E-state index in [9.17, 15) is 4.79 Å². The van der Waals surface area contributed by atoms with Crippen LogP contribution >= 0.6 is 15.9 Å². The average molecular weight is 377 g/mol. The minimum absolute atomic E-state index is 0.168. The zero-order chi connectivity index (χ0) is 16.8. The highest BCUT2D eigenvalue weighted by Gasteiger charge is 2.15. The third-order valence-corrected chi connectivity index (χ3v) is 4.09. The second kappa shape index (κ2) is 8.02. The van der Waals surface area contributed by atoms with Crippen LogP contribution in [0.25, 0.3) is 0 Å². The van der Waals surface area contributed by atoms with Gasteiger partial charge in [0.15, 0.2) is 0 Å². The van der Waals surface area contributed by atoms with E-state index < -0.39 is 0 Å². The Bertz CT molecular complexity index is 688. The third-order valence-electron chi connectivity index (χ3n) is 3.40. The molecule has 0 bridgehead atoms. The fourth-order valence-electron chi connectivity index (χ4n) is 2.29. The molecule has 2 amide bonds. The van der Waals surface area contributed by atoms with Gasteiger partial charge in [0.25, 0.3) is 0 Å². The third kappa shape index (κ3) is 4.73. The lowest BCUT2D eigenvalue weighted by Crippen LogP contribution is -2.31. The Morgan fingerprint density at radius 1 is 1.26 bits per heavy atom. The number of para-hydroxylation sites is 1. The number of halogens is 1. The first-order valence-corrected chi connectivity index (χ1v) is 8.36. The van der Waals surface area contributed by atoms with Crippen molar-refractivity contribution in [2.75, 3.05) is 11.9 Å². The summed E-state index contributed by atoms with van der Waals surface area (Å²) in [5, 5.41) is 5.79. The van der Waals surface area contributed by atoms with Gasteiger partial charge in [-0.3, -0.25) is 0 Å². The molecule has 4 nitrogen and oxygen atoms in total. The molecule has 0 heterocycles. The summed E-state index contributed by atoms with van der Waals surface area (Å²) < 4.78 is 6.49. The van der Waals surface area contributed by atoms with E-state index in [0.717, 1.165) is 27.0 Å². The number of benzene rings is 2. The zero-order valence-corrected chi connectivity index (χ0v) is 15.1. The summed E-state index contributed by atoms with van der Waals surface area (Å²) in [6, 6.07) is 13.1. The van der Waals surface area contributed by atoms with E-state index >= 15 is 0 Å².